The average molecular weight is 967 g/mol. The third-order valence-corrected chi connectivity index (χ3v) is 13.7. The van der Waals surface area contributed by atoms with E-state index in [1.54, 1.807) is 0 Å². The number of allylic oxidation sites excluding steroid dienone is 3. The number of ketones is 1. The molecule has 8 heteroatoms. The molecule has 1 N–H and O–H groups in total. The van der Waals surface area contributed by atoms with E-state index in [1.807, 2.05) is 0 Å². The minimum atomic E-state index is 0. The molecule has 0 saturated heterocycles. The molecule has 0 amide bonds. The first kappa shape index (κ1) is 35.6. The van der Waals surface area contributed by atoms with E-state index in [0.717, 1.165) is 48.5 Å². The number of aryl methyl sites for hydroxylation is 1. The first-order valence-corrected chi connectivity index (χ1v) is 20.8. The van der Waals surface area contributed by atoms with E-state index < -0.39 is 0 Å². The maximum Gasteiger partial charge on any atom is -1.00 e. The summed E-state index contributed by atoms with van der Waals surface area (Å²) in [5.41, 5.74) is 6.22. The van der Waals surface area contributed by atoms with Crippen LogP contribution >= 0.6 is 22.6 Å². The Morgan fingerprint density at radius 3 is 2.43 bits per heavy atom. The van der Waals surface area contributed by atoms with Gasteiger partial charge in [0.25, 0.3) is 0 Å². The number of carbonyl (C=O) groups excluding carboxylic acids is 1. The topological polar surface area (TPSA) is 36.2 Å². The van der Waals surface area contributed by atoms with E-state index in [0.29, 0.717) is 0 Å². The summed E-state index contributed by atoms with van der Waals surface area (Å²) in [5, 5.41) is 3.69. The zero-order valence-corrected chi connectivity index (χ0v) is 34.3. The van der Waals surface area contributed by atoms with E-state index in [4.69, 9.17) is 0 Å². The van der Waals surface area contributed by atoms with Gasteiger partial charge in [0.2, 0.25) is 0 Å². The van der Waals surface area contributed by atoms with Crippen LogP contribution < -0.4 is 43.2 Å². The molecule has 3 aromatic carbocycles. The Balaban J connectivity index is 0.00000417. The van der Waals surface area contributed by atoms with Crippen LogP contribution in [-0.4, -0.2) is 41.8 Å². The van der Waals surface area contributed by atoms with Crippen molar-refractivity contribution in [1.82, 2.24) is 0 Å². The fourth-order valence-electron chi connectivity index (χ4n) is 6.00. The molecule has 0 atom stereocenters. The monoisotopic (exact) mass is 969 g/mol. The Bertz CT molecular complexity index is 1790. The second kappa shape index (κ2) is 17.1. The number of aromatic nitrogens is 1. The molecular weight excluding hydrogens is 926 g/mol. The van der Waals surface area contributed by atoms with Gasteiger partial charge >= 0.3 is 296 Å². The van der Waals surface area contributed by atoms with E-state index in [1.165, 1.54) is 71.2 Å². The van der Waals surface area contributed by atoms with Crippen LogP contribution in [0.5, 0.6) is 0 Å². The molecule has 0 spiro atoms. The summed E-state index contributed by atoms with van der Waals surface area (Å²) in [6.45, 7) is 6.52. The number of Topliss-reactive ketones (excluding diaryl/α,β-unsaturated/α-hetero) is 1. The number of para-hydroxylation sites is 2. The molecular formula is C38H41I2N3OSe2. The number of rotatable bonds is 14. The second-order valence-electron chi connectivity index (χ2n) is 11.7. The van der Waals surface area contributed by atoms with Gasteiger partial charge in [-0.25, -0.2) is 0 Å². The fourth-order valence-corrected chi connectivity index (χ4v) is 11.3. The van der Waals surface area contributed by atoms with Crippen LogP contribution in [0, 0.1) is 3.57 Å². The van der Waals surface area contributed by atoms with Gasteiger partial charge in [-0.3, -0.25) is 0 Å². The van der Waals surface area contributed by atoms with Gasteiger partial charge in [-0.1, -0.05) is 0 Å². The first-order valence-electron chi connectivity index (χ1n) is 16.3. The summed E-state index contributed by atoms with van der Waals surface area (Å²) in [5.74, 6) is 0.151. The molecule has 2 aliphatic rings. The molecule has 0 fully saturated rings. The minimum Gasteiger partial charge on any atom is -1.00 e. The quantitative estimate of drug-likeness (QED) is 0.0639. The van der Waals surface area contributed by atoms with Crippen molar-refractivity contribution in [3.8, 4) is 0 Å². The third kappa shape index (κ3) is 8.12. The summed E-state index contributed by atoms with van der Waals surface area (Å²) in [7, 11) is 0. The maximum absolute atomic E-state index is 14.1. The van der Waals surface area contributed by atoms with Crippen molar-refractivity contribution >= 4 is 89.5 Å². The number of carbonyl (C=O) groups is 1. The van der Waals surface area contributed by atoms with E-state index >= 15 is 0 Å². The van der Waals surface area contributed by atoms with E-state index in [9.17, 15) is 4.79 Å². The van der Waals surface area contributed by atoms with Gasteiger partial charge in [-0.2, -0.15) is 0 Å². The standard InChI is InChI=1S/C38H40IN3OSe2.HI/c1-3-5-7-13-22-41-31-18-9-11-20-33(31)44-35(41)25-29-37(40-28-17-15-16-27(39)24-28)30(38(29)43)26-36-42(23-14-8-6-4-2)32-19-10-12-21-34(32)45-36;/h9-12,15-21,24-26H,3-8,13-14,22-23H2,1-2H3;1H. The van der Waals surface area contributed by atoms with Crippen LogP contribution in [0.4, 0.5) is 11.4 Å². The molecule has 4 aromatic rings. The molecule has 1 aromatic heterocycles. The number of hydrogen-bond donors (Lipinski definition) is 1. The van der Waals surface area contributed by atoms with Crippen molar-refractivity contribution < 1.29 is 33.3 Å². The molecule has 1 aliphatic heterocycles. The number of fused-ring (bicyclic) bond motifs is 2. The molecule has 6 rings (SSSR count). The third-order valence-electron chi connectivity index (χ3n) is 8.40. The largest absolute Gasteiger partial charge is 1.00 e. The average Bonchev–Trinajstić information content (AvgIpc) is 3.59. The molecule has 1 aliphatic carbocycles. The zero-order valence-electron chi connectivity index (χ0n) is 26.5. The van der Waals surface area contributed by atoms with Gasteiger partial charge in [0.15, 0.2) is 0 Å². The summed E-state index contributed by atoms with van der Waals surface area (Å²) < 4.78 is 9.04. The van der Waals surface area contributed by atoms with Gasteiger partial charge in [-0.05, 0) is 0 Å². The smallest absolute Gasteiger partial charge is 1.00 e. The number of hydrogen-bond acceptors (Lipinski definition) is 3. The van der Waals surface area contributed by atoms with Gasteiger partial charge in [0.05, 0.1) is 0 Å². The predicted molar refractivity (Wildman–Crippen MR) is 199 cm³/mol. The van der Waals surface area contributed by atoms with Crippen molar-refractivity contribution in [3.05, 3.63) is 108 Å². The van der Waals surface area contributed by atoms with Gasteiger partial charge in [0.1, 0.15) is 0 Å². The van der Waals surface area contributed by atoms with Crippen molar-refractivity contribution in [2.75, 3.05) is 16.8 Å². The number of halogens is 2. The number of benzene rings is 3. The molecule has 0 saturated carbocycles. The zero-order chi connectivity index (χ0) is 31.2. The summed E-state index contributed by atoms with van der Waals surface area (Å²) >= 11 is 2.69. The number of anilines is 2. The molecule has 240 valence electrons. The van der Waals surface area contributed by atoms with Crippen molar-refractivity contribution in [1.29, 1.82) is 0 Å². The van der Waals surface area contributed by atoms with Gasteiger partial charge < -0.3 is 24.0 Å². The van der Waals surface area contributed by atoms with Crippen molar-refractivity contribution in [2.24, 2.45) is 0 Å². The van der Waals surface area contributed by atoms with Crippen LogP contribution in [-0.2, 0) is 11.3 Å². The summed E-state index contributed by atoms with van der Waals surface area (Å²) in [6.07, 6.45) is 14.2. The minimum absolute atomic E-state index is 0. The van der Waals surface area contributed by atoms with Crippen LogP contribution in [0.3, 0.4) is 0 Å². The maximum atomic E-state index is 14.1. The number of nitrogens with one attached hydrogen (secondary N) is 1. The van der Waals surface area contributed by atoms with Crippen molar-refractivity contribution in [3.63, 3.8) is 0 Å². The Hall–Kier alpha value is -1.68. The molecule has 4 nitrogen and oxygen atoms in total. The summed E-state index contributed by atoms with van der Waals surface area (Å²) in [4.78, 5) is 16.6. The van der Waals surface area contributed by atoms with Crippen LogP contribution in [0.2, 0.25) is 0 Å². The molecule has 0 bridgehead atoms. The van der Waals surface area contributed by atoms with Crippen LogP contribution in [0.15, 0.2) is 100 Å². The van der Waals surface area contributed by atoms with E-state index in [2.05, 4.69) is 136 Å². The Labute approximate surface area is 316 Å². The number of unbranched alkanes of at least 4 members (excludes halogenated alkanes) is 6. The SMILES string of the molecule is CCCCCCN1/C(=C/C2=C(Nc3cccc(I)c3)C(=C\c3[se]c4ccccc4[n+]3CCCCCC)/C2=O)[Se]c2ccccc21.[I-]. The van der Waals surface area contributed by atoms with Gasteiger partial charge in [-0.15, -0.1) is 0 Å². The predicted octanol–water partition coefficient (Wildman–Crippen LogP) is 4.98. The van der Waals surface area contributed by atoms with Crippen LogP contribution in [0.25, 0.3) is 15.9 Å². The Morgan fingerprint density at radius 1 is 0.870 bits per heavy atom. The molecule has 46 heavy (non-hydrogen) atoms. The molecule has 0 radical (unpaired) electrons. The molecule has 2 heterocycles. The first-order chi connectivity index (χ1) is 22.1. The van der Waals surface area contributed by atoms with Crippen LogP contribution in [0.1, 0.15) is 69.8 Å². The second-order valence-corrected chi connectivity index (χ2v) is 17.4. The van der Waals surface area contributed by atoms with E-state index in [-0.39, 0.29) is 59.2 Å². The Kier molecular flexibility index (Phi) is 13.3. The van der Waals surface area contributed by atoms with Crippen molar-refractivity contribution in [2.45, 2.75) is 71.8 Å². The molecule has 0 unspecified atom stereocenters. The fraction of sp³-hybridized carbons (Fsp3) is 0.316. The summed E-state index contributed by atoms with van der Waals surface area (Å²) in [6, 6.07) is 26.0. The normalized spacial score (nSPS) is 15.9. The number of nitrogens with zero attached hydrogens (tertiary/aromatic N) is 2. The Morgan fingerprint density at radius 2 is 1.63 bits per heavy atom. The van der Waals surface area contributed by atoms with Gasteiger partial charge in [0, 0.05) is 0 Å².